The number of hydrogen-bond acceptors (Lipinski definition) is 12. The van der Waals surface area contributed by atoms with Crippen molar-refractivity contribution in [3.05, 3.63) is 45.8 Å². The van der Waals surface area contributed by atoms with Gasteiger partial charge in [0.25, 0.3) is 11.8 Å². The van der Waals surface area contributed by atoms with Crippen molar-refractivity contribution in [3.63, 3.8) is 0 Å². The van der Waals surface area contributed by atoms with Gasteiger partial charge >= 0.3 is 11.9 Å². The number of carboxylic acid groups (broad SMARTS) is 2. The number of anilines is 2. The van der Waals surface area contributed by atoms with Gasteiger partial charge in [-0.25, -0.2) is 19.1 Å². The van der Waals surface area contributed by atoms with Crippen molar-refractivity contribution in [1.29, 1.82) is 0 Å². The number of oxime groups is 1. The van der Waals surface area contributed by atoms with Crippen LogP contribution in [0.15, 0.2) is 41.0 Å². The number of aliphatic carboxylic acids is 2. The molecule has 3 atom stereocenters. The highest BCUT2D eigenvalue weighted by Crippen LogP contribution is 2.40. The summed E-state index contributed by atoms with van der Waals surface area (Å²) in [5.41, 5.74) is 5.96. The molecule has 0 aliphatic carbocycles. The Morgan fingerprint density at radius 2 is 2.07 bits per heavy atom. The molecule has 16 nitrogen and oxygen atoms in total. The molecular weight excluding hydrogens is 640 g/mol. The zero-order valence-corrected chi connectivity index (χ0v) is 25.7. The van der Waals surface area contributed by atoms with Crippen LogP contribution >= 0.6 is 34.7 Å². The summed E-state index contributed by atoms with van der Waals surface area (Å²) >= 11 is 8.25. The number of thioether (sulfide) groups is 1. The molecule has 6 N–H and O–H groups in total. The van der Waals surface area contributed by atoms with E-state index in [1.54, 1.807) is 36.1 Å². The quantitative estimate of drug-likeness (QED) is 0.0565. The fraction of sp³-hybridized carbons (Fsp3) is 0.360. The average Bonchev–Trinajstić information content (AvgIpc) is 3.33. The minimum Gasteiger partial charge on any atom is -0.478 e. The number of amides is 3. The van der Waals surface area contributed by atoms with Gasteiger partial charge in [0, 0.05) is 36.5 Å². The van der Waals surface area contributed by atoms with Crippen molar-refractivity contribution < 1.29 is 43.6 Å². The van der Waals surface area contributed by atoms with E-state index in [2.05, 4.69) is 20.8 Å². The first kappa shape index (κ1) is 32.6. The van der Waals surface area contributed by atoms with Gasteiger partial charge in [0.15, 0.2) is 29.8 Å². The molecule has 1 saturated heterocycles. The van der Waals surface area contributed by atoms with Crippen LogP contribution in [-0.2, 0) is 35.4 Å². The van der Waals surface area contributed by atoms with Crippen LogP contribution in [0.25, 0.3) is 0 Å². The highest BCUT2D eigenvalue weighted by Gasteiger charge is 2.55. The minimum absolute atomic E-state index is 0.0108. The van der Waals surface area contributed by atoms with Crippen molar-refractivity contribution in [2.45, 2.75) is 31.0 Å². The Morgan fingerprint density at radius 3 is 2.64 bits per heavy atom. The number of fused-ring (bicyclic) bond motifs is 1. The maximum absolute atomic E-state index is 13.2. The normalized spacial score (nSPS) is 18.7. The van der Waals surface area contributed by atoms with Gasteiger partial charge in [0.1, 0.15) is 27.1 Å². The molecule has 234 valence electrons. The molecule has 2 aromatic heterocycles. The van der Waals surface area contributed by atoms with Gasteiger partial charge in [0.2, 0.25) is 12.5 Å². The van der Waals surface area contributed by atoms with Gasteiger partial charge in [-0.15, -0.1) is 11.8 Å². The molecule has 0 saturated carbocycles. The van der Waals surface area contributed by atoms with Gasteiger partial charge in [-0.1, -0.05) is 28.1 Å². The molecule has 0 aromatic carbocycles. The average molecular weight is 668 g/mol. The van der Waals surface area contributed by atoms with E-state index < -0.39 is 47.0 Å². The highest BCUT2D eigenvalue weighted by molar-refractivity contribution is 8.00. The molecule has 2 aromatic rings. The number of nitrogens with one attached hydrogen (secondary N) is 2. The summed E-state index contributed by atoms with van der Waals surface area (Å²) in [4.78, 5) is 72.9. The second-order valence-corrected chi connectivity index (χ2v) is 12.2. The molecule has 3 amide bonds. The lowest BCUT2D eigenvalue weighted by Crippen LogP contribution is -2.71. The predicted molar refractivity (Wildman–Crippen MR) is 160 cm³/mol. The molecule has 0 unspecified atom stereocenters. The molecule has 2 aliphatic heterocycles. The third-order valence-electron chi connectivity index (χ3n) is 6.54. The monoisotopic (exact) mass is 667 g/mol. The molecule has 0 bridgehead atoms. The molecular formula is C25H28ClN8O8S2+. The fourth-order valence-corrected chi connectivity index (χ4v) is 6.55. The maximum atomic E-state index is 13.2. The number of thiazole rings is 1. The Bertz CT molecular complexity index is 1530. The molecule has 2 aliphatic rings. The number of nitrogen functional groups attached to an aromatic ring is 1. The number of pyridine rings is 1. The highest BCUT2D eigenvalue weighted by atomic mass is 35.5. The van der Waals surface area contributed by atoms with Crippen molar-refractivity contribution in [1.82, 2.24) is 20.5 Å². The summed E-state index contributed by atoms with van der Waals surface area (Å²) in [6.45, 7) is 2.43. The molecule has 19 heteroatoms. The Hall–Kier alpha value is -4.26. The third-order valence-corrected chi connectivity index (χ3v) is 8.96. The standard InChI is InChI=1S/C25H27ClN8O8S2/c1-12(23(38)39)42-31-16(15-19(26)44-25(27)30-15)20(36)29-17-21(37)34-18(24(40)41)13(10-43-22(17)34)9-32-6-3-14(4-7-32)33(11-35)8-5-28-2/h3-4,6-7,11-12,17,22,28H,5,8-10H2,1-2H3,(H4-,27,29,30,36,38,39,40,41)/p+1/b31-16-/t12-,17+,22+/m0/s1. The number of carbonyl (C=O) groups is 5. The lowest BCUT2D eigenvalue weighted by molar-refractivity contribution is -0.689. The largest absolute Gasteiger partial charge is 0.478 e. The Labute approximate surface area is 263 Å². The SMILES string of the molecule is CNCCN(C=O)c1cc[n+](CC2=C(C(=O)O)N3C(=O)[C@@H](NC(=O)/C(=N\O[C@@H](C)C(=O)O)c4nc(N)sc4Cl)[C@H]3SC2)cc1. The van der Waals surface area contributed by atoms with E-state index in [0.29, 0.717) is 24.4 Å². The van der Waals surface area contributed by atoms with E-state index in [9.17, 15) is 29.1 Å². The van der Waals surface area contributed by atoms with Crippen LogP contribution in [0.3, 0.4) is 0 Å². The number of carboxylic acids is 2. The lowest BCUT2D eigenvalue weighted by atomic mass is 10.0. The molecule has 4 heterocycles. The van der Waals surface area contributed by atoms with Crippen LogP contribution in [0.5, 0.6) is 0 Å². The second kappa shape index (κ2) is 14.0. The van der Waals surface area contributed by atoms with E-state index in [1.807, 2.05) is 0 Å². The van der Waals surface area contributed by atoms with E-state index in [4.69, 9.17) is 27.3 Å². The Morgan fingerprint density at radius 1 is 1.36 bits per heavy atom. The fourth-order valence-electron chi connectivity index (χ4n) is 4.29. The maximum Gasteiger partial charge on any atom is 0.352 e. The van der Waals surface area contributed by atoms with E-state index in [-0.39, 0.29) is 33.2 Å². The van der Waals surface area contributed by atoms with Gasteiger partial charge in [-0.3, -0.25) is 19.3 Å². The van der Waals surface area contributed by atoms with Crippen LogP contribution < -0.4 is 25.8 Å². The first-order valence-corrected chi connectivity index (χ1v) is 15.2. The molecule has 0 radical (unpaired) electrons. The number of nitrogens with two attached hydrogens (primary N) is 1. The Kier molecular flexibility index (Phi) is 10.4. The second-order valence-electron chi connectivity index (χ2n) is 9.45. The molecule has 44 heavy (non-hydrogen) atoms. The van der Waals surface area contributed by atoms with Crippen LogP contribution in [0, 0.1) is 0 Å². The van der Waals surface area contributed by atoms with Gasteiger partial charge in [-0.05, 0) is 14.0 Å². The summed E-state index contributed by atoms with van der Waals surface area (Å²) in [5, 5.41) is 27.5. The number of likely N-dealkylation sites (N-methyl/N-ethyl adjacent to an activating group) is 1. The number of carbonyl (C=O) groups excluding carboxylic acids is 3. The minimum atomic E-state index is -1.42. The van der Waals surface area contributed by atoms with E-state index in [1.165, 1.54) is 23.6 Å². The molecule has 1 fully saturated rings. The van der Waals surface area contributed by atoms with E-state index >= 15 is 0 Å². The van der Waals surface area contributed by atoms with Gasteiger partial charge in [0.05, 0.1) is 5.69 Å². The third kappa shape index (κ3) is 6.93. The first-order chi connectivity index (χ1) is 21.0. The number of aromatic nitrogens is 2. The molecule has 0 spiro atoms. The summed E-state index contributed by atoms with van der Waals surface area (Å²) in [6.07, 6.45) is 2.73. The smallest absolute Gasteiger partial charge is 0.352 e. The number of β-lactam (4-membered cyclic amide) rings is 1. The van der Waals surface area contributed by atoms with Crippen molar-refractivity contribution in [2.75, 3.05) is 36.5 Å². The van der Waals surface area contributed by atoms with E-state index in [0.717, 1.165) is 22.6 Å². The topological polar surface area (TPSA) is 221 Å². The van der Waals surface area contributed by atoms with Crippen LogP contribution in [-0.4, -0.2) is 99.4 Å². The van der Waals surface area contributed by atoms with Crippen LogP contribution in [0.2, 0.25) is 4.34 Å². The number of nitrogens with zero attached hydrogens (tertiary/aromatic N) is 5. The summed E-state index contributed by atoms with van der Waals surface area (Å²) in [7, 11) is 1.78. The van der Waals surface area contributed by atoms with Crippen molar-refractivity contribution >= 4 is 81.4 Å². The zero-order chi connectivity index (χ0) is 32.1. The van der Waals surface area contributed by atoms with Crippen molar-refractivity contribution in [2.24, 2.45) is 5.16 Å². The summed E-state index contributed by atoms with van der Waals surface area (Å²) < 4.78 is 1.72. The Balaban J connectivity index is 1.51. The first-order valence-electron chi connectivity index (χ1n) is 12.9. The number of halogens is 1. The molecule has 4 rings (SSSR count). The van der Waals surface area contributed by atoms with Gasteiger partial charge in [-0.2, -0.15) is 0 Å². The van der Waals surface area contributed by atoms with Crippen LogP contribution in [0.4, 0.5) is 10.8 Å². The van der Waals surface area contributed by atoms with Crippen LogP contribution in [0.1, 0.15) is 12.6 Å². The predicted octanol–water partition coefficient (Wildman–Crippen LogP) is -0.519. The summed E-state index contributed by atoms with van der Waals surface area (Å²) in [5.74, 6) is -4.02. The summed E-state index contributed by atoms with van der Waals surface area (Å²) in [6, 6.07) is 2.33. The van der Waals surface area contributed by atoms with Gasteiger partial charge < -0.3 is 36.3 Å². The van der Waals surface area contributed by atoms with Crippen molar-refractivity contribution in [3.8, 4) is 0 Å². The number of rotatable bonds is 14. The lowest BCUT2D eigenvalue weighted by Gasteiger charge is -2.49. The zero-order valence-electron chi connectivity index (χ0n) is 23.3. The number of hydrogen-bond donors (Lipinski definition) is 5.